The zero-order valence-corrected chi connectivity index (χ0v) is 10.9. The van der Waals surface area contributed by atoms with E-state index in [2.05, 4.69) is 4.99 Å². The van der Waals surface area contributed by atoms with Gasteiger partial charge in [-0.1, -0.05) is 0 Å². The predicted octanol–water partition coefficient (Wildman–Crippen LogP) is -0.0204. The van der Waals surface area contributed by atoms with E-state index in [1.54, 1.807) is 6.07 Å². The van der Waals surface area contributed by atoms with Crippen molar-refractivity contribution in [3.63, 3.8) is 0 Å². The summed E-state index contributed by atoms with van der Waals surface area (Å²) in [5.41, 5.74) is 10.4. The number of rotatable bonds is 1. The normalized spacial score (nSPS) is 16.7. The van der Waals surface area contributed by atoms with Gasteiger partial charge in [0.1, 0.15) is 0 Å². The van der Waals surface area contributed by atoms with Gasteiger partial charge in [0, 0.05) is 16.2 Å². The number of sulfone groups is 1. The van der Waals surface area contributed by atoms with E-state index in [0.717, 1.165) is 0 Å². The number of guanidine groups is 1. The molecular weight excluding hydrogens is 274 g/mol. The SMILES string of the molecule is NC(N)=NC(=O)c1ccc2c(c1)S(=O)(=O)CCS2. The second-order valence-electron chi connectivity index (χ2n) is 3.67. The van der Waals surface area contributed by atoms with Gasteiger partial charge in [0.05, 0.1) is 10.6 Å². The monoisotopic (exact) mass is 285 g/mol. The third kappa shape index (κ3) is 2.49. The van der Waals surface area contributed by atoms with Crippen LogP contribution in [-0.4, -0.2) is 31.8 Å². The molecule has 6 nitrogen and oxygen atoms in total. The second-order valence-corrected chi connectivity index (χ2v) is 6.88. The summed E-state index contributed by atoms with van der Waals surface area (Å²) in [6, 6.07) is 4.44. The van der Waals surface area contributed by atoms with E-state index in [4.69, 9.17) is 11.5 Å². The molecule has 96 valence electrons. The maximum absolute atomic E-state index is 11.9. The van der Waals surface area contributed by atoms with Gasteiger partial charge in [0.2, 0.25) is 0 Å². The lowest BCUT2D eigenvalue weighted by molar-refractivity contribution is 0.100. The molecule has 0 fully saturated rings. The third-order valence-corrected chi connectivity index (χ3v) is 5.58. The standard InChI is InChI=1S/C10H11N3O3S2/c11-10(12)13-9(14)6-1-2-7-8(5-6)18(15,16)4-3-17-7/h1-2,5H,3-4H2,(H4,11,12,13,14). The Bertz CT molecular complexity index is 634. The van der Waals surface area contributed by atoms with Crippen molar-refractivity contribution in [2.24, 2.45) is 16.5 Å². The first-order valence-electron chi connectivity index (χ1n) is 5.04. The van der Waals surface area contributed by atoms with Crippen LogP contribution < -0.4 is 11.5 Å². The molecule has 0 atom stereocenters. The number of fused-ring (bicyclic) bond motifs is 1. The molecule has 1 amide bonds. The Balaban J connectivity index is 2.50. The van der Waals surface area contributed by atoms with Gasteiger partial charge < -0.3 is 11.5 Å². The van der Waals surface area contributed by atoms with E-state index >= 15 is 0 Å². The summed E-state index contributed by atoms with van der Waals surface area (Å²) in [4.78, 5) is 15.8. The third-order valence-electron chi connectivity index (χ3n) is 2.37. The van der Waals surface area contributed by atoms with Crippen LogP contribution >= 0.6 is 11.8 Å². The summed E-state index contributed by atoms with van der Waals surface area (Å²) in [7, 11) is -3.31. The minimum atomic E-state index is -3.31. The number of carbonyl (C=O) groups excluding carboxylic acids is 1. The van der Waals surface area contributed by atoms with Crippen LogP contribution in [-0.2, 0) is 9.84 Å². The molecule has 0 saturated heterocycles. The number of hydrogen-bond donors (Lipinski definition) is 2. The average Bonchev–Trinajstić information content (AvgIpc) is 2.27. The lowest BCUT2D eigenvalue weighted by Crippen LogP contribution is -2.24. The van der Waals surface area contributed by atoms with Crippen molar-refractivity contribution in [1.82, 2.24) is 0 Å². The minimum absolute atomic E-state index is 0.0740. The van der Waals surface area contributed by atoms with Gasteiger partial charge in [0.25, 0.3) is 5.91 Å². The van der Waals surface area contributed by atoms with Gasteiger partial charge in [-0.15, -0.1) is 11.8 Å². The molecule has 1 aromatic carbocycles. The quantitative estimate of drug-likeness (QED) is 0.553. The number of nitrogens with zero attached hydrogens (tertiary/aromatic N) is 1. The Kier molecular flexibility index (Phi) is 3.31. The zero-order chi connectivity index (χ0) is 13.3. The van der Waals surface area contributed by atoms with Crippen molar-refractivity contribution in [3.8, 4) is 0 Å². The van der Waals surface area contributed by atoms with Crippen LogP contribution in [0, 0.1) is 0 Å². The number of nitrogens with two attached hydrogens (primary N) is 2. The fraction of sp³-hybridized carbons (Fsp3) is 0.200. The molecule has 0 radical (unpaired) electrons. The summed E-state index contributed by atoms with van der Waals surface area (Å²) in [5, 5.41) is 0. The Hall–Kier alpha value is -1.54. The first-order valence-corrected chi connectivity index (χ1v) is 7.67. The van der Waals surface area contributed by atoms with Crippen molar-refractivity contribution in [2.45, 2.75) is 9.79 Å². The van der Waals surface area contributed by atoms with Gasteiger partial charge in [0.15, 0.2) is 15.8 Å². The molecule has 0 saturated carbocycles. The van der Waals surface area contributed by atoms with E-state index < -0.39 is 15.7 Å². The van der Waals surface area contributed by atoms with Crippen LogP contribution in [0.5, 0.6) is 0 Å². The van der Waals surface area contributed by atoms with Crippen LogP contribution in [0.15, 0.2) is 33.0 Å². The van der Waals surface area contributed by atoms with E-state index in [9.17, 15) is 13.2 Å². The molecule has 0 unspecified atom stereocenters. The highest BCUT2D eigenvalue weighted by molar-refractivity contribution is 8.02. The van der Waals surface area contributed by atoms with Crippen LogP contribution in [0.2, 0.25) is 0 Å². The lowest BCUT2D eigenvalue weighted by Gasteiger charge is -2.15. The van der Waals surface area contributed by atoms with E-state index in [-0.39, 0.29) is 22.2 Å². The second kappa shape index (κ2) is 4.62. The van der Waals surface area contributed by atoms with E-state index in [0.29, 0.717) is 10.6 Å². The number of thioether (sulfide) groups is 1. The van der Waals surface area contributed by atoms with Crippen LogP contribution in [0.25, 0.3) is 0 Å². The van der Waals surface area contributed by atoms with Gasteiger partial charge in [-0.3, -0.25) is 4.79 Å². The van der Waals surface area contributed by atoms with Crippen LogP contribution in [0.3, 0.4) is 0 Å². The van der Waals surface area contributed by atoms with Gasteiger partial charge >= 0.3 is 0 Å². The van der Waals surface area contributed by atoms with Gasteiger partial charge in [-0.05, 0) is 18.2 Å². The number of amides is 1. The number of hydrogen-bond acceptors (Lipinski definition) is 4. The maximum Gasteiger partial charge on any atom is 0.280 e. The van der Waals surface area contributed by atoms with E-state index in [1.165, 1.54) is 23.9 Å². The first-order chi connectivity index (χ1) is 8.40. The maximum atomic E-state index is 11.9. The zero-order valence-electron chi connectivity index (χ0n) is 9.29. The predicted molar refractivity (Wildman–Crippen MR) is 69.4 cm³/mol. The molecule has 0 aliphatic carbocycles. The molecule has 4 N–H and O–H groups in total. The van der Waals surface area contributed by atoms with Crippen molar-refractivity contribution >= 4 is 33.5 Å². The van der Waals surface area contributed by atoms with Gasteiger partial charge in [-0.25, -0.2) is 8.42 Å². The lowest BCUT2D eigenvalue weighted by atomic mass is 10.2. The molecule has 0 bridgehead atoms. The molecule has 1 aromatic rings. The average molecular weight is 285 g/mol. The van der Waals surface area contributed by atoms with Crippen LogP contribution in [0.4, 0.5) is 0 Å². The largest absolute Gasteiger partial charge is 0.370 e. The molecular formula is C10H11N3O3S2. The highest BCUT2D eigenvalue weighted by Crippen LogP contribution is 2.33. The van der Waals surface area contributed by atoms with Crippen molar-refractivity contribution in [1.29, 1.82) is 0 Å². The molecule has 18 heavy (non-hydrogen) atoms. The minimum Gasteiger partial charge on any atom is -0.370 e. The Morgan fingerprint density at radius 2 is 2.06 bits per heavy atom. The fourth-order valence-electron chi connectivity index (χ4n) is 1.56. The Morgan fingerprint density at radius 3 is 2.72 bits per heavy atom. The molecule has 1 aliphatic heterocycles. The first kappa shape index (κ1) is 12.9. The number of carbonyl (C=O) groups is 1. The topological polar surface area (TPSA) is 116 Å². The molecule has 0 aromatic heterocycles. The van der Waals surface area contributed by atoms with Crippen molar-refractivity contribution in [2.75, 3.05) is 11.5 Å². The van der Waals surface area contributed by atoms with Crippen molar-refractivity contribution in [3.05, 3.63) is 23.8 Å². The summed E-state index contributed by atoms with van der Waals surface area (Å²) < 4.78 is 23.7. The molecule has 2 rings (SSSR count). The molecule has 8 heteroatoms. The van der Waals surface area contributed by atoms with Gasteiger partial charge in [-0.2, -0.15) is 4.99 Å². The highest BCUT2D eigenvalue weighted by Gasteiger charge is 2.25. The van der Waals surface area contributed by atoms with E-state index in [1.807, 2.05) is 0 Å². The fourth-order valence-corrected chi connectivity index (χ4v) is 4.81. The summed E-state index contributed by atoms with van der Waals surface area (Å²) in [5.74, 6) is -0.403. The summed E-state index contributed by atoms with van der Waals surface area (Å²) in [6.45, 7) is 0. The summed E-state index contributed by atoms with van der Waals surface area (Å²) in [6.07, 6.45) is 0. The molecule has 0 spiro atoms. The Morgan fingerprint density at radius 1 is 1.33 bits per heavy atom. The highest BCUT2D eigenvalue weighted by atomic mass is 32.2. The van der Waals surface area contributed by atoms with Crippen molar-refractivity contribution < 1.29 is 13.2 Å². The Labute approximate surface area is 108 Å². The molecule has 1 heterocycles. The number of benzene rings is 1. The summed E-state index contributed by atoms with van der Waals surface area (Å²) >= 11 is 1.45. The smallest absolute Gasteiger partial charge is 0.280 e. The van der Waals surface area contributed by atoms with Crippen LogP contribution in [0.1, 0.15) is 10.4 Å². The number of aliphatic imine (C=N–C) groups is 1. The molecule has 1 aliphatic rings.